The molecule has 1 N–H and O–H groups in total. The van der Waals surface area contributed by atoms with Gasteiger partial charge in [-0.1, -0.05) is 229 Å². The average Bonchev–Trinajstić information content (AvgIpc) is 0.974. The standard InChI is InChI=1S/C15H17NO.C15H19NO.C15H16O.C12H23NO2.C12H18O2.C12H16O/c1-15(2,3)14(17)12-6-8-13(9-7-12)16-10-4-5-11-16;1-15(2,3)14(17)9-11-16-10-8-12-6-4-5-7-13(12)16;1-15(2,3)14(16)13-10-6-8-11-7-4-5-9-12(11)13;1-8(2)7-10(13-9(3)14)11(15)12(4,5)6;1-8-7-14-9(2)10(8)6-11(13)12(3,4)5;1-12(2,3)11(13)9-10-7-5-4-6-8-10/h4-11H,1-3H3;4-8,10H,9,11H2,1-3H3;4-10H,1-3H3;8,10H,7H2,1-6H3,(H,13,14);7H,6H2,1-5H3;4-8H,9H2,1-3H3. The first-order valence-corrected chi connectivity index (χ1v) is 32.3. The molecule has 0 aliphatic rings. The Bertz CT molecular complexity index is 3640. The maximum absolute atomic E-state index is 12.3. The number of nitrogens with zero attached hydrogens (tertiary/aromatic N) is 2. The zero-order valence-electron chi connectivity index (χ0n) is 59.9. The summed E-state index contributed by atoms with van der Waals surface area (Å²) >= 11 is 0. The van der Waals surface area contributed by atoms with Gasteiger partial charge >= 0.3 is 0 Å². The van der Waals surface area contributed by atoms with Crippen molar-refractivity contribution >= 4 is 62.3 Å². The van der Waals surface area contributed by atoms with Gasteiger partial charge in [-0.3, -0.25) is 33.6 Å². The number of amides is 1. The van der Waals surface area contributed by atoms with E-state index in [0.717, 1.165) is 56.6 Å². The molecule has 1 unspecified atom stereocenters. The Kier molecular flexibility index (Phi) is 28.9. The number of hydrogen-bond donors (Lipinski definition) is 1. The Hall–Kier alpha value is -8.05. The molecule has 11 nitrogen and oxygen atoms in total. The molecule has 496 valence electrons. The number of aryl methyl sites for hydroxylation is 3. The van der Waals surface area contributed by atoms with Crippen molar-refractivity contribution in [3.63, 3.8) is 0 Å². The SMILES string of the molecule is CC(=O)NC(CC(C)C)C(=O)C(C)(C)C.CC(C)(C)C(=O)CCn1ccc2ccccc21.CC(C)(C)C(=O)Cc1ccccc1.CC(C)(C)C(=O)c1ccc(-n2cccc2)cc1.CC(C)(C)C(=O)c1cccc2ccccc12.Cc1coc(C)c1CC(=O)C(C)(C)C. The van der Waals surface area contributed by atoms with Crippen molar-refractivity contribution in [2.45, 2.75) is 198 Å². The van der Waals surface area contributed by atoms with Gasteiger partial charge < -0.3 is 18.9 Å². The van der Waals surface area contributed by atoms with Crippen LogP contribution in [0.25, 0.3) is 27.4 Å². The minimum atomic E-state index is -0.401. The highest BCUT2D eigenvalue weighted by Gasteiger charge is 2.31. The van der Waals surface area contributed by atoms with Crippen LogP contribution in [0.1, 0.15) is 201 Å². The predicted octanol–water partition coefficient (Wildman–Crippen LogP) is 19.5. The monoisotopic (exact) mass is 1250 g/mol. The van der Waals surface area contributed by atoms with Gasteiger partial charge in [-0.25, -0.2) is 0 Å². The summed E-state index contributed by atoms with van der Waals surface area (Å²) in [5, 5.41) is 6.13. The van der Waals surface area contributed by atoms with Crippen molar-refractivity contribution in [2.75, 3.05) is 0 Å². The molecule has 92 heavy (non-hydrogen) atoms. The van der Waals surface area contributed by atoms with Gasteiger partial charge in [0.1, 0.15) is 23.1 Å². The van der Waals surface area contributed by atoms with E-state index in [4.69, 9.17) is 4.42 Å². The minimum Gasteiger partial charge on any atom is -0.469 e. The molecule has 0 fully saturated rings. The molecule has 11 heteroatoms. The van der Waals surface area contributed by atoms with Gasteiger partial charge in [0.15, 0.2) is 17.3 Å². The highest BCUT2D eigenvalue weighted by atomic mass is 16.3. The molecule has 0 saturated heterocycles. The Morgan fingerprint density at radius 2 is 0.989 bits per heavy atom. The first-order chi connectivity index (χ1) is 42.4. The van der Waals surface area contributed by atoms with Crippen molar-refractivity contribution < 1.29 is 38.0 Å². The summed E-state index contributed by atoms with van der Waals surface area (Å²) in [5.74, 6) is 2.46. The molecule has 0 aliphatic heterocycles. The third-order valence-electron chi connectivity index (χ3n) is 15.2. The lowest BCUT2D eigenvalue weighted by molar-refractivity contribution is -0.132. The molecule has 3 heterocycles. The van der Waals surface area contributed by atoms with Crippen LogP contribution in [-0.2, 0) is 43.4 Å². The van der Waals surface area contributed by atoms with E-state index in [2.05, 4.69) is 34.3 Å². The number of carbonyl (C=O) groups is 7. The van der Waals surface area contributed by atoms with Gasteiger partial charge in [0.2, 0.25) is 5.91 Å². The number of nitrogens with one attached hydrogen (secondary N) is 1. The van der Waals surface area contributed by atoms with Gasteiger partial charge in [-0.2, -0.15) is 0 Å². The van der Waals surface area contributed by atoms with Crippen LogP contribution in [0, 0.1) is 52.3 Å². The van der Waals surface area contributed by atoms with E-state index in [0.29, 0.717) is 43.2 Å². The molecule has 0 spiro atoms. The first-order valence-electron chi connectivity index (χ1n) is 32.3. The van der Waals surface area contributed by atoms with Gasteiger partial charge in [0.05, 0.1) is 12.3 Å². The second-order valence-corrected chi connectivity index (χ2v) is 30.4. The lowest BCUT2D eigenvalue weighted by Crippen LogP contribution is -2.45. The Morgan fingerprint density at radius 1 is 0.489 bits per heavy atom. The third kappa shape index (κ3) is 25.9. The topological polar surface area (TPSA) is 155 Å². The molecule has 5 aromatic carbocycles. The van der Waals surface area contributed by atoms with Crippen LogP contribution in [-0.4, -0.2) is 55.8 Å². The summed E-state index contributed by atoms with van der Waals surface area (Å²) in [7, 11) is 0. The van der Waals surface area contributed by atoms with Gasteiger partial charge in [0.25, 0.3) is 0 Å². The van der Waals surface area contributed by atoms with Crippen LogP contribution in [0.3, 0.4) is 0 Å². The molecular weight excluding hydrogens is 1140 g/mol. The summed E-state index contributed by atoms with van der Waals surface area (Å²) in [4.78, 5) is 82.7. The van der Waals surface area contributed by atoms with E-state index < -0.39 is 5.41 Å². The summed E-state index contributed by atoms with van der Waals surface area (Å²) in [6.45, 7) is 45.1. The minimum absolute atomic E-state index is 0.103. The molecule has 0 aliphatic carbocycles. The molecule has 0 saturated carbocycles. The van der Waals surface area contributed by atoms with E-state index in [-0.39, 0.29) is 62.2 Å². The van der Waals surface area contributed by atoms with Gasteiger partial charge in [0, 0.05) is 112 Å². The second kappa shape index (κ2) is 34.0. The van der Waals surface area contributed by atoms with E-state index in [1.54, 1.807) is 6.26 Å². The van der Waals surface area contributed by atoms with Crippen molar-refractivity contribution in [3.05, 3.63) is 198 Å². The summed E-state index contributed by atoms with van der Waals surface area (Å²) < 4.78 is 9.43. The van der Waals surface area contributed by atoms with Crippen LogP contribution in [0.5, 0.6) is 0 Å². The summed E-state index contributed by atoms with van der Waals surface area (Å²) in [6, 6.07) is 45.5. The van der Waals surface area contributed by atoms with Crippen LogP contribution < -0.4 is 5.32 Å². The zero-order valence-corrected chi connectivity index (χ0v) is 59.9. The predicted molar refractivity (Wildman–Crippen MR) is 381 cm³/mol. The molecule has 3 aromatic heterocycles. The number of benzene rings is 5. The fourth-order valence-electron chi connectivity index (χ4n) is 9.29. The Morgan fingerprint density at radius 3 is 1.48 bits per heavy atom. The normalized spacial score (nSPS) is 12.0. The Labute approximate surface area is 551 Å². The van der Waals surface area contributed by atoms with Crippen molar-refractivity contribution in [1.82, 2.24) is 14.5 Å². The summed E-state index contributed by atoms with van der Waals surface area (Å²) in [5.41, 5.74) is 5.30. The molecule has 8 rings (SSSR count). The average molecular weight is 1250 g/mol. The fourth-order valence-corrected chi connectivity index (χ4v) is 9.29. The van der Waals surface area contributed by atoms with Gasteiger partial charge in [-0.05, 0) is 102 Å². The van der Waals surface area contributed by atoms with E-state index >= 15 is 0 Å². The second-order valence-electron chi connectivity index (χ2n) is 30.4. The number of furan rings is 1. The number of aromatic nitrogens is 2. The molecular formula is C81H109N3O8. The third-order valence-corrected chi connectivity index (χ3v) is 15.2. The largest absolute Gasteiger partial charge is 0.469 e. The highest BCUT2D eigenvalue weighted by molar-refractivity contribution is 6.10. The van der Waals surface area contributed by atoms with Crippen molar-refractivity contribution in [3.8, 4) is 5.69 Å². The van der Waals surface area contributed by atoms with Gasteiger partial charge in [-0.15, -0.1) is 0 Å². The number of rotatable bonds is 14. The van der Waals surface area contributed by atoms with E-state index in [1.165, 1.54) is 17.8 Å². The van der Waals surface area contributed by atoms with Crippen LogP contribution in [0.15, 0.2) is 169 Å². The van der Waals surface area contributed by atoms with Crippen molar-refractivity contribution in [2.24, 2.45) is 38.4 Å². The van der Waals surface area contributed by atoms with E-state index in [1.807, 2.05) is 291 Å². The number of Topliss-reactive ketones (excluding diaryl/α,β-unsaturated/α-hetero) is 6. The number of carbonyl (C=O) groups excluding carboxylic acids is 7. The van der Waals surface area contributed by atoms with Crippen LogP contribution in [0.4, 0.5) is 0 Å². The van der Waals surface area contributed by atoms with E-state index in [9.17, 15) is 33.6 Å². The van der Waals surface area contributed by atoms with Crippen LogP contribution in [0.2, 0.25) is 0 Å². The molecule has 8 aromatic rings. The smallest absolute Gasteiger partial charge is 0.217 e. The quantitative estimate of drug-likeness (QED) is 0.106. The zero-order chi connectivity index (χ0) is 69.7. The maximum Gasteiger partial charge on any atom is 0.217 e. The first kappa shape index (κ1) is 78.2. The highest BCUT2D eigenvalue weighted by Crippen LogP contribution is 2.28. The lowest BCUT2D eigenvalue weighted by atomic mass is 9.83. The maximum atomic E-state index is 12.3. The lowest BCUT2D eigenvalue weighted by Gasteiger charge is -2.26. The van der Waals surface area contributed by atoms with Crippen molar-refractivity contribution in [1.29, 1.82) is 0 Å². The number of ketones is 6. The Balaban J connectivity index is 0.000000289. The molecule has 0 radical (unpaired) electrons. The number of hydrogen-bond acceptors (Lipinski definition) is 8. The van der Waals surface area contributed by atoms with Crippen LogP contribution >= 0.6 is 0 Å². The molecule has 0 bridgehead atoms. The summed E-state index contributed by atoms with van der Waals surface area (Å²) in [6.07, 6.45) is 10.1. The molecule has 1 atom stereocenters. The molecule has 1 amide bonds. The fraction of sp³-hybridized carbons (Fsp3) is 0.444. The number of para-hydroxylation sites is 1. The number of fused-ring (bicyclic) bond motifs is 2.